The van der Waals surface area contributed by atoms with E-state index in [1.165, 1.54) is 0 Å². The van der Waals surface area contributed by atoms with Gasteiger partial charge in [0.05, 0.1) is 23.5 Å². The number of nitrogens with zero attached hydrogens (tertiary/aromatic N) is 2. The van der Waals surface area contributed by atoms with Gasteiger partial charge in [-0.1, -0.05) is 36.4 Å². The minimum atomic E-state index is -0.372. The number of anilines is 3. The fourth-order valence-electron chi connectivity index (χ4n) is 4.20. The molecule has 0 saturated carbocycles. The number of carbonyl (C=O) groups excluding carboxylic acids is 2. The average molecular weight is 476 g/mol. The van der Waals surface area contributed by atoms with Gasteiger partial charge in [-0.25, -0.2) is 4.79 Å². The van der Waals surface area contributed by atoms with Gasteiger partial charge in [0.15, 0.2) is 0 Å². The molecule has 5 rings (SSSR count). The van der Waals surface area contributed by atoms with Gasteiger partial charge >= 0.3 is 6.03 Å². The third kappa shape index (κ3) is 5.31. The van der Waals surface area contributed by atoms with Gasteiger partial charge in [0.1, 0.15) is 0 Å². The number of urea groups is 1. The maximum Gasteiger partial charge on any atom is 0.323 e. The van der Waals surface area contributed by atoms with E-state index in [0.29, 0.717) is 28.5 Å². The summed E-state index contributed by atoms with van der Waals surface area (Å²) in [5.74, 6) is -0.167. The molecule has 1 aliphatic heterocycles. The van der Waals surface area contributed by atoms with Crippen LogP contribution >= 0.6 is 0 Å². The van der Waals surface area contributed by atoms with Crippen molar-refractivity contribution >= 4 is 40.4 Å². The SMILES string of the molecule is Cc1cc(-c2cccc(C3=Nc4ccc(NC(=O)Nc5ccccc5)cc4NC(=O)C3)c2)cc(C)n1. The fourth-order valence-corrected chi connectivity index (χ4v) is 4.20. The molecule has 3 N–H and O–H groups in total. The number of fused-ring (bicyclic) bond motifs is 1. The van der Waals surface area contributed by atoms with Crippen molar-refractivity contribution in [2.75, 3.05) is 16.0 Å². The number of aromatic nitrogens is 1. The Morgan fingerprint density at radius 2 is 1.50 bits per heavy atom. The summed E-state index contributed by atoms with van der Waals surface area (Å²) in [5.41, 5.74) is 8.00. The van der Waals surface area contributed by atoms with Crippen LogP contribution in [0.3, 0.4) is 0 Å². The van der Waals surface area contributed by atoms with Crippen molar-refractivity contribution in [1.82, 2.24) is 4.98 Å². The molecular formula is C29H25N5O2. The van der Waals surface area contributed by atoms with Crippen LogP contribution in [-0.2, 0) is 4.79 Å². The smallest absolute Gasteiger partial charge is 0.323 e. The van der Waals surface area contributed by atoms with E-state index in [1.807, 2.05) is 62.4 Å². The van der Waals surface area contributed by atoms with Gasteiger partial charge in [0.2, 0.25) is 5.91 Å². The Balaban J connectivity index is 1.41. The Morgan fingerprint density at radius 1 is 0.778 bits per heavy atom. The number of para-hydroxylation sites is 1. The molecule has 178 valence electrons. The molecule has 0 bridgehead atoms. The van der Waals surface area contributed by atoms with E-state index >= 15 is 0 Å². The molecule has 3 aromatic carbocycles. The molecule has 1 aliphatic rings. The molecule has 7 nitrogen and oxygen atoms in total. The summed E-state index contributed by atoms with van der Waals surface area (Å²) in [6.45, 7) is 3.96. The van der Waals surface area contributed by atoms with Gasteiger partial charge in [-0.15, -0.1) is 0 Å². The highest BCUT2D eigenvalue weighted by molar-refractivity contribution is 6.17. The molecule has 0 saturated heterocycles. The Hall–Kier alpha value is -4.78. The number of aryl methyl sites for hydroxylation is 2. The van der Waals surface area contributed by atoms with E-state index in [4.69, 9.17) is 4.99 Å². The minimum Gasteiger partial charge on any atom is -0.324 e. The molecule has 0 fully saturated rings. The Bertz CT molecular complexity index is 1470. The number of nitrogens with one attached hydrogen (secondary N) is 3. The lowest BCUT2D eigenvalue weighted by molar-refractivity contribution is -0.115. The number of aliphatic imine (C=N–C) groups is 1. The number of pyridine rings is 1. The van der Waals surface area contributed by atoms with E-state index in [-0.39, 0.29) is 18.4 Å². The van der Waals surface area contributed by atoms with Gasteiger partial charge in [-0.05, 0) is 79.1 Å². The third-order valence-corrected chi connectivity index (χ3v) is 5.75. The monoisotopic (exact) mass is 475 g/mol. The molecule has 0 radical (unpaired) electrons. The second-order valence-electron chi connectivity index (χ2n) is 8.68. The lowest BCUT2D eigenvalue weighted by Gasteiger charge is -2.10. The first-order valence-electron chi connectivity index (χ1n) is 11.6. The van der Waals surface area contributed by atoms with Gasteiger partial charge in [-0.2, -0.15) is 0 Å². The molecule has 0 aliphatic carbocycles. The van der Waals surface area contributed by atoms with Crippen molar-refractivity contribution in [3.05, 3.63) is 102 Å². The zero-order chi connectivity index (χ0) is 25.1. The van der Waals surface area contributed by atoms with Gasteiger partial charge < -0.3 is 16.0 Å². The first kappa shape index (κ1) is 23.0. The van der Waals surface area contributed by atoms with Crippen molar-refractivity contribution in [1.29, 1.82) is 0 Å². The molecule has 0 atom stereocenters. The summed E-state index contributed by atoms with van der Waals surface area (Å²) < 4.78 is 0. The van der Waals surface area contributed by atoms with Crippen LogP contribution in [-0.4, -0.2) is 22.6 Å². The molecule has 0 spiro atoms. The van der Waals surface area contributed by atoms with Gasteiger partial charge in [0.25, 0.3) is 0 Å². The van der Waals surface area contributed by atoms with Crippen molar-refractivity contribution in [2.45, 2.75) is 20.3 Å². The van der Waals surface area contributed by atoms with Crippen molar-refractivity contribution in [2.24, 2.45) is 4.99 Å². The maximum atomic E-state index is 12.7. The van der Waals surface area contributed by atoms with Crippen LogP contribution in [0, 0.1) is 13.8 Å². The summed E-state index contributed by atoms with van der Waals surface area (Å²) in [4.78, 5) is 34.4. The van der Waals surface area contributed by atoms with Crippen molar-refractivity contribution in [3.8, 4) is 11.1 Å². The third-order valence-electron chi connectivity index (χ3n) is 5.75. The minimum absolute atomic E-state index is 0.143. The highest BCUT2D eigenvalue weighted by atomic mass is 16.2. The summed E-state index contributed by atoms with van der Waals surface area (Å²) in [5, 5.41) is 8.49. The number of benzene rings is 3. The van der Waals surface area contributed by atoms with Gasteiger partial charge in [0, 0.05) is 22.8 Å². The average Bonchev–Trinajstić information content (AvgIpc) is 3.02. The van der Waals surface area contributed by atoms with Crippen LogP contribution in [0.15, 0.2) is 89.9 Å². The molecular weight excluding hydrogens is 450 g/mol. The first-order chi connectivity index (χ1) is 17.4. The topological polar surface area (TPSA) is 95.5 Å². The van der Waals surface area contributed by atoms with Crippen LogP contribution in [0.2, 0.25) is 0 Å². The van der Waals surface area contributed by atoms with Crippen LogP contribution in [0.4, 0.5) is 27.5 Å². The number of hydrogen-bond donors (Lipinski definition) is 3. The number of rotatable bonds is 4. The molecule has 1 aromatic heterocycles. The summed E-state index contributed by atoms with van der Waals surface area (Å²) in [6, 6.07) is 26.2. The Morgan fingerprint density at radius 3 is 2.28 bits per heavy atom. The largest absolute Gasteiger partial charge is 0.324 e. The standard InChI is InChI=1S/C29H25N5O2/c1-18-13-22(14-19(2)30-18)20-7-6-8-21(15-20)26-17-28(35)34-27-16-24(11-12-25(27)33-26)32-29(36)31-23-9-4-3-5-10-23/h3-16H,17H2,1-2H3,(H,34,35)(H2,31,32,36). The number of carbonyl (C=O) groups is 2. The highest BCUT2D eigenvalue weighted by Gasteiger charge is 2.18. The first-order valence-corrected chi connectivity index (χ1v) is 11.6. The molecule has 3 amide bonds. The summed E-state index contributed by atoms with van der Waals surface area (Å²) in [7, 11) is 0. The van der Waals surface area contributed by atoms with Crippen LogP contribution in [0.5, 0.6) is 0 Å². The van der Waals surface area contributed by atoms with E-state index in [9.17, 15) is 9.59 Å². The molecule has 7 heteroatoms. The molecule has 0 unspecified atom stereocenters. The van der Waals surface area contributed by atoms with Crippen molar-refractivity contribution < 1.29 is 9.59 Å². The predicted molar refractivity (Wildman–Crippen MR) is 144 cm³/mol. The normalized spacial score (nSPS) is 12.6. The predicted octanol–water partition coefficient (Wildman–Crippen LogP) is 6.47. The Kier molecular flexibility index (Phi) is 6.28. The van der Waals surface area contributed by atoms with Crippen molar-refractivity contribution in [3.63, 3.8) is 0 Å². The second-order valence-corrected chi connectivity index (χ2v) is 8.68. The lowest BCUT2D eigenvalue weighted by atomic mass is 9.99. The van der Waals surface area contributed by atoms with E-state index in [0.717, 1.165) is 28.1 Å². The maximum absolute atomic E-state index is 12.7. The molecule has 36 heavy (non-hydrogen) atoms. The molecule has 2 heterocycles. The zero-order valence-electron chi connectivity index (χ0n) is 20.0. The van der Waals surface area contributed by atoms with Crippen LogP contribution in [0.25, 0.3) is 11.1 Å². The van der Waals surface area contributed by atoms with E-state index < -0.39 is 0 Å². The second kappa shape index (κ2) is 9.84. The zero-order valence-corrected chi connectivity index (χ0v) is 20.0. The number of hydrogen-bond acceptors (Lipinski definition) is 4. The number of amides is 3. The summed E-state index contributed by atoms with van der Waals surface area (Å²) in [6.07, 6.45) is 0.143. The fraction of sp³-hybridized carbons (Fsp3) is 0.103. The van der Waals surface area contributed by atoms with Crippen LogP contribution in [0.1, 0.15) is 23.4 Å². The lowest BCUT2D eigenvalue weighted by Crippen LogP contribution is -2.19. The highest BCUT2D eigenvalue weighted by Crippen LogP contribution is 2.32. The van der Waals surface area contributed by atoms with E-state index in [1.54, 1.807) is 30.3 Å². The summed E-state index contributed by atoms with van der Waals surface area (Å²) >= 11 is 0. The molecule has 4 aromatic rings. The van der Waals surface area contributed by atoms with E-state index in [2.05, 4.69) is 27.0 Å². The van der Waals surface area contributed by atoms with Gasteiger partial charge in [-0.3, -0.25) is 14.8 Å². The Labute approximate surface area is 209 Å². The van der Waals surface area contributed by atoms with Crippen LogP contribution < -0.4 is 16.0 Å². The quantitative estimate of drug-likeness (QED) is 0.315.